The summed E-state index contributed by atoms with van der Waals surface area (Å²) in [5.74, 6) is 1.20. The van der Waals surface area contributed by atoms with Crippen LogP contribution < -0.4 is 10.6 Å². The molecule has 1 heterocycles. The fourth-order valence-corrected chi connectivity index (χ4v) is 1.80. The molecule has 17 heavy (non-hydrogen) atoms. The molecule has 4 nitrogen and oxygen atoms in total. The molecule has 2 N–H and O–H groups in total. The number of pyridine rings is 1. The normalized spacial score (nSPS) is 11.9. The van der Waals surface area contributed by atoms with Gasteiger partial charge in [0, 0.05) is 12.2 Å². The summed E-state index contributed by atoms with van der Waals surface area (Å²) < 4.78 is 0. The standard InChI is InChI=1S/C13H20N4/c1-9(7-15-4)8-16-13-12(6-14)10(2)5-11(3)17-13/h5,9,15H,7-8H2,1-4H3,(H,16,17). The maximum Gasteiger partial charge on any atom is 0.144 e. The van der Waals surface area contributed by atoms with Crippen LogP contribution in [0.3, 0.4) is 0 Å². The van der Waals surface area contributed by atoms with E-state index in [0.717, 1.165) is 24.3 Å². The zero-order valence-electron chi connectivity index (χ0n) is 11.0. The second kappa shape index (κ2) is 6.21. The summed E-state index contributed by atoms with van der Waals surface area (Å²) >= 11 is 0. The molecule has 0 aliphatic carbocycles. The van der Waals surface area contributed by atoms with Gasteiger partial charge in [-0.3, -0.25) is 0 Å². The predicted octanol–water partition coefficient (Wildman–Crippen LogP) is 1.84. The largest absolute Gasteiger partial charge is 0.369 e. The molecule has 1 aromatic heterocycles. The second-order valence-corrected chi connectivity index (χ2v) is 4.46. The van der Waals surface area contributed by atoms with Gasteiger partial charge in [0.05, 0.1) is 5.56 Å². The van der Waals surface area contributed by atoms with Crippen LogP contribution in [0.4, 0.5) is 5.82 Å². The number of aromatic nitrogens is 1. The van der Waals surface area contributed by atoms with Gasteiger partial charge in [0.15, 0.2) is 0 Å². The van der Waals surface area contributed by atoms with Crippen molar-refractivity contribution in [3.05, 3.63) is 22.9 Å². The van der Waals surface area contributed by atoms with E-state index < -0.39 is 0 Å². The van der Waals surface area contributed by atoms with Crippen molar-refractivity contribution in [2.75, 3.05) is 25.5 Å². The average molecular weight is 232 g/mol. The zero-order valence-corrected chi connectivity index (χ0v) is 11.0. The summed E-state index contributed by atoms with van der Waals surface area (Å²) in [6.07, 6.45) is 0. The minimum Gasteiger partial charge on any atom is -0.369 e. The number of nitrogens with one attached hydrogen (secondary N) is 2. The second-order valence-electron chi connectivity index (χ2n) is 4.46. The third-order valence-corrected chi connectivity index (χ3v) is 2.63. The van der Waals surface area contributed by atoms with E-state index in [1.165, 1.54) is 0 Å². The van der Waals surface area contributed by atoms with E-state index in [0.29, 0.717) is 17.3 Å². The molecule has 0 saturated carbocycles. The molecule has 0 radical (unpaired) electrons. The lowest BCUT2D eigenvalue weighted by Gasteiger charge is -2.14. The number of hydrogen-bond acceptors (Lipinski definition) is 4. The van der Waals surface area contributed by atoms with Crippen molar-refractivity contribution in [3.8, 4) is 6.07 Å². The van der Waals surface area contributed by atoms with Crippen molar-refractivity contribution >= 4 is 5.82 Å². The summed E-state index contributed by atoms with van der Waals surface area (Å²) in [7, 11) is 1.94. The molecule has 92 valence electrons. The topological polar surface area (TPSA) is 60.7 Å². The molecule has 0 bridgehead atoms. The van der Waals surface area contributed by atoms with Crippen molar-refractivity contribution in [3.63, 3.8) is 0 Å². The van der Waals surface area contributed by atoms with Crippen LogP contribution in [0.1, 0.15) is 23.7 Å². The summed E-state index contributed by atoms with van der Waals surface area (Å²) in [6, 6.07) is 4.14. The molecule has 1 atom stereocenters. The third-order valence-electron chi connectivity index (χ3n) is 2.63. The number of anilines is 1. The third kappa shape index (κ3) is 3.72. The van der Waals surface area contributed by atoms with Crippen LogP contribution >= 0.6 is 0 Å². The molecule has 4 heteroatoms. The van der Waals surface area contributed by atoms with Crippen LogP contribution in [0.2, 0.25) is 0 Å². The Bertz CT molecular complexity index is 420. The van der Waals surface area contributed by atoms with Gasteiger partial charge in [-0.25, -0.2) is 4.98 Å². The summed E-state index contributed by atoms with van der Waals surface area (Å²) in [5, 5.41) is 15.5. The lowest BCUT2D eigenvalue weighted by atomic mass is 10.1. The Kier molecular flexibility index (Phi) is 4.92. The molecular weight excluding hydrogens is 212 g/mol. The van der Waals surface area contributed by atoms with Crippen LogP contribution in [0.25, 0.3) is 0 Å². The van der Waals surface area contributed by atoms with Gasteiger partial charge >= 0.3 is 0 Å². The Morgan fingerprint density at radius 2 is 2.12 bits per heavy atom. The molecular formula is C13H20N4. The van der Waals surface area contributed by atoms with Crippen molar-refractivity contribution in [2.45, 2.75) is 20.8 Å². The van der Waals surface area contributed by atoms with Gasteiger partial charge in [-0.2, -0.15) is 5.26 Å². The van der Waals surface area contributed by atoms with E-state index >= 15 is 0 Å². The predicted molar refractivity (Wildman–Crippen MR) is 70.0 cm³/mol. The quantitative estimate of drug-likeness (QED) is 0.813. The van der Waals surface area contributed by atoms with Crippen molar-refractivity contribution in [2.24, 2.45) is 5.92 Å². The first kappa shape index (κ1) is 13.5. The van der Waals surface area contributed by atoms with E-state index in [-0.39, 0.29) is 0 Å². The number of aryl methyl sites for hydroxylation is 2. The number of hydrogen-bond donors (Lipinski definition) is 2. The Labute approximate surface area is 103 Å². The Hall–Kier alpha value is -1.60. The SMILES string of the molecule is CNCC(C)CNc1nc(C)cc(C)c1C#N. The molecule has 0 spiro atoms. The van der Waals surface area contributed by atoms with Crippen LogP contribution in [-0.4, -0.2) is 25.1 Å². The zero-order chi connectivity index (χ0) is 12.8. The highest BCUT2D eigenvalue weighted by molar-refractivity contribution is 5.56. The Morgan fingerprint density at radius 1 is 1.41 bits per heavy atom. The molecule has 0 saturated heterocycles. The monoisotopic (exact) mass is 232 g/mol. The minimum atomic E-state index is 0.495. The van der Waals surface area contributed by atoms with Crippen molar-refractivity contribution in [1.29, 1.82) is 5.26 Å². The molecule has 0 aromatic carbocycles. The van der Waals surface area contributed by atoms with Crippen LogP contribution in [-0.2, 0) is 0 Å². The maximum atomic E-state index is 9.12. The van der Waals surface area contributed by atoms with Gasteiger partial charge in [-0.15, -0.1) is 0 Å². The number of nitriles is 1. The molecule has 0 aliphatic rings. The van der Waals surface area contributed by atoms with Gasteiger partial charge in [-0.1, -0.05) is 6.92 Å². The van der Waals surface area contributed by atoms with E-state index in [2.05, 4.69) is 28.6 Å². The lowest BCUT2D eigenvalue weighted by Crippen LogP contribution is -2.23. The highest BCUT2D eigenvalue weighted by atomic mass is 15.0. The van der Waals surface area contributed by atoms with Gasteiger partial charge in [-0.05, 0) is 45.0 Å². The number of rotatable bonds is 5. The first-order valence-corrected chi connectivity index (χ1v) is 5.85. The first-order chi connectivity index (χ1) is 8.08. The molecule has 0 fully saturated rings. The molecule has 1 unspecified atom stereocenters. The Balaban J connectivity index is 2.80. The summed E-state index contributed by atoms with van der Waals surface area (Å²) in [4.78, 5) is 4.38. The average Bonchev–Trinajstić information content (AvgIpc) is 2.26. The van der Waals surface area contributed by atoms with Crippen molar-refractivity contribution in [1.82, 2.24) is 10.3 Å². The van der Waals surface area contributed by atoms with E-state index in [9.17, 15) is 0 Å². The maximum absolute atomic E-state index is 9.12. The fraction of sp³-hybridized carbons (Fsp3) is 0.538. The highest BCUT2D eigenvalue weighted by Gasteiger charge is 2.09. The first-order valence-electron chi connectivity index (χ1n) is 5.85. The van der Waals surface area contributed by atoms with Crippen LogP contribution in [0.15, 0.2) is 6.07 Å². The summed E-state index contributed by atoms with van der Waals surface area (Å²) in [5.41, 5.74) is 2.56. The van der Waals surface area contributed by atoms with Crippen molar-refractivity contribution < 1.29 is 0 Å². The van der Waals surface area contributed by atoms with Gasteiger partial charge < -0.3 is 10.6 Å². The molecule has 0 aliphatic heterocycles. The Morgan fingerprint density at radius 3 is 2.71 bits per heavy atom. The van der Waals surface area contributed by atoms with Gasteiger partial charge in [0.25, 0.3) is 0 Å². The minimum absolute atomic E-state index is 0.495. The van der Waals surface area contributed by atoms with Gasteiger partial charge in [0.2, 0.25) is 0 Å². The molecule has 0 amide bonds. The van der Waals surface area contributed by atoms with E-state index in [4.69, 9.17) is 5.26 Å². The smallest absolute Gasteiger partial charge is 0.144 e. The van der Waals surface area contributed by atoms with Gasteiger partial charge in [0.1, 0.15) is 11.9 Å². The van der Waals surface area contributed by atoms with E-state index in [1.807, 2.05) is 27.0 Å². The lowest BCUT2D eigenvalue weighted by molar-refractivity contribution is 0.568. The van der Waals surface area contributed by atoms with Crippen LogP contribution in [0.5, 0.6) is 0 Å². The fourth-order valence-electron chi connectivity index (χ4n) is 1.80. The van der Waals surface area contributed by atoms with Crippen LogP contribution in [0, 0.1) is 31.1 Å². The van der Waals surface area contributed by atoms with E-state index in [1.54, 1.807) is 0 Å². The molecule has 1 aromatic rings. The highest BCUT2D eigenvalue weighted by Crippen LogP contribution is 2.17. The number of nitrogens with zero attached hydrogens (tertiary/aromatic N) is 2. The molecule has 1 rings (SSSR count). The summed E-state index contributed by atoms with van der Waals surface area (Å²) in [6.45, 7) is 7.79.